The van der Waals surface area contributed by atoms with Crippen LogP contribution in [-0.2, 0) is 19.9 Å². The Balaban J connectivity index is 1.75. The molecule has 0 spiro atoms. The monoisotopic (exact) mass is 445 g/mol. The van der Waals surface area contributed by atoms with Crippen molar-refractivity contribution in [2.45, 2.75) is 15.0 Å². The average molecular weight is 446 g/mol. The van der Waals surface area contributed by atoms with Crippen LogP contribution >= 0.6 is 15.9 Å². The maximum absolute atomic E-state index is 12.6. The van der Waals surface area contributed by atoms with Crippen molar-refractivity contribution in [3.05, 3.63) is 53.0 Å². The zero-order valence-electron chi connectivity index (χ0n) is 13.3. The van der Waals surface area contributed by atoms with Gasteiger partial charge in [-0.15, -0.1) is 0 Å². The summed E-state index contributed by atoms with van der Waals surface area (Å²) in [5.41, 5.74) is 0. The maximum Gasteiger partial charge on any atom is 0.243 e. The first-order valence-corrected chi connectivity index (χ1v) is 11.2. The standard InChI is InChI=1S/C16H16BrNO5S2/c1-23-13-4-8-14(9-5-13)24(19,20)16-10-18(11-16)25(21,22)15-6-2-12(17)3-7-15/h2-9,16H,10-11H2,1H3. The number of hydrogen-bond donors (Lipinski definition) is 0. The van der Waals surface area contributed by atoms with E-state index in [-0.39, 0.29) is 22.9 Å². The highest BCUT2D eigenvalue weighted by Gasteiger charge is 2.44. The van der Waals surface area contributed by atoms with Crippen LogP contribution in [0.2, 0.25) is 0 Å². The van der Waals surface area contributed by atoms with Crippen molar-refractivity contribution in [2.24, 2.45) is 0 Å². The van der Waals surface area contributed by atoms with E-state index in [4.69, 9.17) is 4.74 Å². The van der Waals surface area contributed by atoms with Gasteiger partial charge in [0.2, 0.25) is 10.0 Å². The van der Waals surface area contributed by atoms with Gasteiger partial charge in [-0.05, 0) is 48.5 Å². The molecule has 0 bridgehead atoms. The van der Waals surface area contributed by atoms with E-state index in [1.165, 1.54) is 35.7 Å². The third kappa shape index (κ3) is 3.46. The lowest BCUT2D eigenvalue weighted by Gasteiger charge is -2.37. The van der Waals surface area contributed by atoms with Gasteiger partial charge in [-0.3, -0.25) is 0 Å². The van der Waals surface area contributed by atoms with Crippen LogP contribution in [0.4, 0.5) is 0 Å². The van der Waals surface area contributed by atoms with Crippen LogP contribution in [0.1, 0.15) is 0 Å². The number of sulfone groups is 1. The lowest BCUT2D eigenvalue weighted by Crippen LogP contribution is -2.56. The molecule has 0 radical (unpaired) electrons. The minimum Gasteiger partial charge on any atom is -0.497 e. The minimum absolute atomic E-state index is 0.0488. The normalized spacial score (nSPS) is 16.4. The molecule has 0 unspecified atom stereocenters. The lowest BCUT2D eigenvalue weighted by atomic mass is 10.3. The van der Waals surface area contributed by atoms with Crippen molar-refractivity contribution in [3.63, 3.8) is 0 Å². The molecule has 1 saturated heterocycles. The molecule has 1 fully saturated rings. The fraction of sp³-hybridized carbons (Fsp3) is 0.250. The van der Waals surface area contributed by atoms with Gasteiger partial charge < -0.3 is 4.74 Å². The molecule has 9 heteroatoms. The van der Waals surface area contributed by atoms with Crippen LogP contribution < -0.4 is 4.74 Å². The summed E-state index contributed by atoms with van der Waals surface area (Å²) in [6.45, 7) is -0.0977. The van der Waals surface area contributed by atoms with Gasteiger partial charge in [0, 0.05) is 17.6 Å². The molecule has 0 N–H and O–H groups in total. The van der Waals surface area contributed by atoms with Crippen molar-refractivity contribution in [3.8, 4) is 5.75 Å². The van der Waals surface area contributed by atoms with Gasteiger partial charge >= 0.3 is 0 Å². The number of ether oxygens (including phenoxy) is 1. The van der Waals surface area contributed by atoms with Crippen molar-refractivity contribution in [1.29, 1.82) is 0 Å². The van der Waals surface area contributed by atoms with Crippen LogP contribution in [-0.4, -0.2) is 46.6 Å². The Labute approximate surface area is 155 Å². The Kier molecular flexibility index (Phi) is 4.93. The summed E-state index contributed by atoms with van der Waals surface area (Å²) in [5, 5.41) is -0.744. The highest BCUT2D eigenvalue weighted by molar-refractivity contribution is 9.10. The Bertz CT molecular complexity index is 964. The maximum atomic E-state index is 12.6. The second-order valence-corrected chi connectivity index (χ2v) is 10.7. The molecule has 0 atom stereocenters. The summed E-state index contributed by atoms with van der Waals surface area (Å²) in [4.78, 5) is 0.315. The zero-order chi connectivity index (χ0) is 18.2. The number of hydrogen-bond acceptors (Lipinski definition) is 5. The molecule has 0 saturated carbocycles. The van der Waals surface area contributed by atoms with Crippen LogP contribution in [0.15, 0.2) is 62.8 Å². The molecule has 3 rings (SSSR count). The van der Waals surface area contributed by atoms with E-state index in [0.29, 0.717) is 5.75 Å². The summed E-state index contributed by atoms with van der Waals surface area (Å²) in [6, 6.07) is 12.3. The summed E-state index contributed by atoms with van der Waals surface area (Å²) in [6.07, 6.45) is 0. The number of methoxy groups -OCH3 is 1. The van der Waals surface area contributed by atoms with E-state index in [1.807, 2.05) is 0 Å². The Morgan fingerprint density at radius 2 is 1.44 bits per heavy atom. The Morgan fingerprint density at radius 3 is 1.96 bits per heavy atom. The van der Waals surface area contributed by atoms with E-state index in [1.54, 1.807) is 24.3 Å². The zero-order valence-corrected chi connectivity index (χ0v) is 16.5. The lowest BCUT2D eigenvalue weighted by molar-refractivity contribution is 0.309. The van der Waals surface area contributed by atoms with E-state index in [2.05, 4.69) is 15.9 Å². The second kappa shape index (κ2) is 6.71. The van der Waals surface area contributed by atoms with Gasteiger partial charge in [-0.1, -0.05) is 15.9 Å². The number of halogens is 1. The highest BCUT2D eigenvalue weighted by Crippen LogP contribution is 2.29. The molecule has 1 heterocycles. The average Bonchev–Trinajstić information content (AvgIpc) is 2.53. The number of benzene rings is 2. The molecule has 1 aliphatic rings. The van der Waals surface area contributed by atoms with Crippen molar-refractivity contribution >= 4 is 35.8 Å². The molecule has 0 aliphatic carbocycles. The van der Waals surface area contributed by atoms with Crippen LogP contribution in [0.3, 0.4) is 0 Å². The van der Waals surface area contributed by atoms with Gasteiger partial charge in [-0.25, -0.2) is 16.8 Å². The Hall–Kier alpha value is -1.42. The fourth-order valence-corrected chi connectivity index (χ4v) is 6.14. The van der Waals surface area contributed by atoms with Gasteiger partial charge in [0.05, 0.1) is 22.2 Å². The first kappa shape index (κ1) is 18.4. The predicted molar refractivity (Wildman–Crippen MR) is 96.9 cm³/mol. The number of rotatable bonds is 5. The molecule has 134 valence electrons. The second-order valence-electron chi connectivity index (χ2n) is 5.62. The molecule has 25 heavy (non-hydrogen) atoms. The summed E-state index contributed by atoms with van der Waals surface area (Å²) in [7, 11) is -5.76. The van der Waals surface area contributed by atoms with Crippen LogP contribution in [0.5, 0.6) is 5.75 Å². The first-order valence-electron chi connectivity index (χ1n) is 7.39. The van der Waals surface area contributed by atoms with E-state index in [0.717, 1.165) is 4.47 Å². The van der Waals surface area contributed by atoms with Crippen molar-refractivity contribution in [1.82, 2.24) is 4.31 Å². The van der Waals surface area contributed by atoms with E-state index >= 15 is 0 Å². The highest BCUT2D eigenvalue weighted by atomic mass is 79.9. The molecule has 1 aliphatic heterocycles. The largest absolute Gasteiger partial charge is 0.497 e. The number of nitrogens with zero attached hydrogens (tertiary/aromatic N) is 1. The third-order valence-electron chi connectivity index (χ3n) is 4.09. The van der Waals surface area contributed by atoms with Crippen LogP contribution in [0.25, 0.3) is 0 Å². The summed E-state index contributed by atoms with van der Waals surface area (Å²) >= 11 is 3.26. The fourth-order valence-electron chi connectivity index (χ4n) is 2.51. The van der Waals surface area contributed by atoms with Gasteiger partial charge in [-0.2, -0.15) is 4.31 Å². The smallest absolute Gasteiger partial charge is 0.243 e. The van der Waals surface area contributed by atoms with Gasteiger partial charge in [0.1, 0.15) is 5.75 Å². The molecule has 0 aromatic heterocycles. The van der Waals surface area contributed by atoms with E-state index in [9.17, 15) is 16.8 Å². The van der Waals surface area contributed by atoms with E-state index < -0.39 is 25.1 Å². The molecular formula is C16H16BrNO5S2. The van der Waals surface area contributed by atoms with Crippen LogP contribution in [0, 0.1) is 0 Å². The molecule has 2 aromatic carbocycles. The molecule has 6 nitrogen and oxygen atoms in total. The topological polar surface area (TPSA) is 80.8 Å². The molecule has 0 amide bonds. The van der Waals surface area contributed by atoms with Gasteiger partial charge in [0.15, 0.2) is 9.84 Å². The third-order valence-corrected chi connectivity index (χ3v) is 8.57. The molecule has 2 aromatic rings. The first-order chi connectivity index (χ1) is 11.7. The predicted octanol–water partition coefficient (Wildman–Crippen LogP) is 2.30. The van der Waals surface area contributed by atoms with Crippen molar-refractivity contribution in [2.75, 3.05) is 20.2 Å². The SMILES string of the molecule is COc1ccc(S(=O)(=O)C2CN(S(=O)(=O)c3ccc(Br)cc3)C2)cc1. The molecular weight excluding hydrogens is 430 g/mol. The Morgan fingerprint density at radius 1 is 0.920 bits per heavy atom. The quantitative estimate of drug-likeness (QED) is 0.704. The van der Waals surface area contributed by atoms with Gasteiger partial charge in [0.25, 0.3) is 0 Å². The minimum atomic E-state index is -3.68. The summed E-state index contributed by atoms with van der Waals surface area (Å²) in [5.74, 6) is 0.562. The van der Waals surface area contributed by atoms with Crippen molar-refractivity contribution < 1.29 is 21.6 Å². The summed E-state index contributed by atoms with van der Waals surface area (Å²) < 4.78 is 57.2. The number of sulfonamides is 1.